The van der Waals surface area contributed by atoms with Gasteiger partial charge in [-0.1, -0.05) is 36.4 Å². The zero-order chi connectivity index (χ0) is 17.9. The normalized spacial score (nSPS) is 10.7. The number of thiophene rings is 1. The van der Waals surface area contributed by atoms with Gasteiger partial charge < -0.3 is 4.74 Å². The predicted octanol–water partition coefficient (Wildman–Crippen LogP) is 5.06. The van der Waals surface area contributed by atoms with Gasteiger partial charge in [0.1, 0.15) is 11.4 Å². The van der Waals surface area contributed by atoms with E-state index in [4.69, 9.17) is 4.74 Å². The number of nitrogens with zero attached hydrogens (tertiary/aromatic N) is 2. The van der Waals surface area contributed by atoms with Crippen molar-refractivity contribution in [3.8, 4) is 27.8 Å². The lowest BCUT2D eigenvalue weighted by molar-refractivity contribution is 0.478. The first-order chi connectivity index (χ1) is 12.7. The maximum Gasteiger partial charge on any atom is 0.275 e. The first-order valence-electron chi connectivity index (χ1n) is 8.19. The highest BCUT2D eigenvalue weighted by Gasteiger charge is 2.17. The summed E-state index contributed by atoms with van der Waals surface area (Å²) in [7, 11) is 0. The summed E-state index contributed by atoms with van der Waals surface area (Å²) in [4.78, 5) is 13.6. The molecule has 4 rings (SSSR count). The first kappa shape index (κ1) is 16.3. The highest BCUT2D eigenvalue weighted by atomic mass is 32.1. The average Bonchev–Trinajstić information content (AvgIpc) is 3.09. The van der Waals surface area contributed by atoms with Crippen LogP contribution in [0.2, 0.25) is 0 Å². The molecule has 0 aliphatic rings. The van der Waals surface area contributed by atoms with Gasteiger partial charge in [0.25, 0.3) is 5.56 Å². The third-order valence-corrected chi connectivity index (χ3v) is 4.97. The van der Waals surface area contributed by atoms with Crippen LogP contribution in [0.1, 0.15) is 5.56 Å². The molecule has 2 aromatic heterocycles. The van der Waals surface area contributed by atoms with Gasteiger partial charge in [0.2, 0.25) is 0 Å². The van der Waals surface area contributed by atoms with E-state index >= 15 is 0 Å². The summed E-state index contributed by atoms with van der Waals surface area (Å²) in [5.74, 6) is 1.13. The fourth-order valence-corrected chi connectivity index (χ4v) is 3.58. The number of hydrogen-bond acceptors (Lipinski definition) is 4. The van der Waals surface area contributed by atoms with Crippen LogP contribution in [0, 0.1) is 6.92 Å². The number of rotatable bonds is 4. The van der Waals surface area contributed by atoms with E-state index in [1.165, 1.54) is 10.7 Å². The smallest absolute Gasteiger partial charge is 0.275 e. The average molecular weight is 360 g/mol. The largest absolute Gasteiger partial charge is 0.455 e. The summed E-state index contributed by atoms with van der Waals surface area (Å²) in [6, 6.07) is 22.3. The Kier molecular flexibility index (Phi) is 4.37. The molecule has 0 fully saturated rings. The Morgan fingerprint density at radius 3 is 2.31 bits per heavy atom. The van der Waals surface area contributed by atoms with Crippen LogP contribution in [-0.2, 0) is 0 Å². The van der Waals surface area contributed by atoms with E-state index in [0.29, 0.717) is 17.2 Å². The van der Waals surface area contributed by atoms with Crippen molar-refractivity contribution in [2.45, 2.75) is 6.92 Å². The Labute approximate surface area is 155 Å². The maximum absolute atomic E-state index is 12.7. The van der Waals surface area contributed by atoms with Gasteiger partial charge in [-0.25, -0.2) is 0 Å². The van der Waals surface area contributed by atoms with Gasteiger partial charge in [-0.2, -0.15) is 9.78 Å². The highest BCUT2D eigenvalue weighted by molar-refractivity contribution is 7.13. The summed E-state index contributed by atoms with van der Waals surface area (Å²) in [5.41, 5.74) is 2.24. The first-order valence-corrected chi connectivity index (χ1v) is 9.07. The third-order valence-electron chi connectivity index (χ3n) is 3.95. The van der Waals surface area contributed by atoms with Crippen molar-refractivity contribution < 1.29 is 4.74 Å². The molecule has 26 heavy (non-hydrogen) atoms. The zero-order valence-corrected chi connectivity index (χ0v) is 14.9. The molecule has 0 saturated carbocycles. The van der Waals surface area contributed by atoms with Crippen molar-refractivity contribution in [2.24, 2.45) is 0 Å². The Morgan fingerprint density at radius 1 is 0.962 bits per heavy atom. The molecule has 0 N–H and O–H groups in total. The quantitative estimate of drug-likeness (QED) is 0.511. The van der Waals surface area contributed by atoms with Crippen LogP contribution >= 0.6 is 11.3 Å². The Hall–Kier alpha value is -3.18. The van der Waals surface area contributed by atoms with E-state index in [1.807, 2.05) is 79.0 Å². The lowest BCUT2D eigenvalue weighted by atomic mass is 10.2. The lowest BCUT2D eigenvalue weighted by Crippen LogP contribution is -2.21. The van der Waals surface area contributed by atoms with Crippen molar-refractivity contribution in [3.05, 3.63) is 94.1 Å². The number of aromatic nitrogens is 2. The van der Waals surface area contributed by atoms with Crippen molar-refractivity contribution in [1.29, 1.82) is 0 Å². The van der Waals surface area contributed by atoms with Gasteiger partial charge in [0, 0.05) is 0 Å². The summed E-state index contributed by atoms with van der Waals surface area (Å²) < 4.78 is 7.40. The fourth-order valence-electron chi connectivity index (χ4n) is 2.66. The molecule has 128 valence electrons. The lowest BCUT2D eigenvalue weighted by Gasteiger charge is -2.13. The van der Waals surface area contributed by atoms with Crippen molar-refractivity contribution >= 4 is 11.3 Å². The number of benzene rings is 2. The van der Waals surface area contributed by atoms with E-state index in [1.54, 1.807) is 11.3 Å². The van der Waals surface area contributed by atoms with Crippen LogP contribution < -0.4 is 10.3 Å². The van der Waals surface area contributed by atoms with E-state index in [2.05, 4.69) is 5.10 Å². The molecule has 2 aromatic carbocycles. The van der Waals surface area contributed by atoms with Gasteiger partial charge in [-0.15, -0.1) is 11.3 Å². The van der Waals surface area contributed by atoms with Crippen LogP contribution in [0.25, 0.3) is 16.3 Å². The van der Waals surface area contributed by atoms with E-state index in [9.17, 15) is 4.79 Å². The topological polar surface area (TPSA) is 44.1 Å². The third kappa shape index (κ3) is 3.17. The van der Waals surface area contributed by atoms with Gasteiger partial charge in [-0.05, 0) is 48.2 Å². The molecule has 0 amide bonds. The molecule has 0 saturated heterocycles. The second-order valence-electron chi connectivity index (χ2n) is 5.79. The highest BCUT2D eigenvalue weighted by Crippen LogP contribution is 2.35. The van der Waals surface area contributed by atoms with E-state index in [-0.39, 0.29) is 5.56 Å². The van der Waals surface area contributed by atoms with Gasteiger partial charge in [-0.3, -0.25) is 4.79 Å². The monoisotopic (exact) mass is 360 g/mol. The van der Waals surface area contributed by atoms with Crippen LogP contribution in [0.5, 0.6) is 11.5 Å². The van der Waals surface area contributed by atoms with Crippen LogP contribution in [0.4, 0.5) is 0 Å². The Morgan fingerprint density at radius 2 is 1.65 bits per heavy atom. The molecule has 0 aliphatic carbocycles. The molecule has 5 heteroatoms. The number of para-hydroxylation sites is 2. The predicted molar refractivity (Wildman–Crippen MR) is 104 cm³/mol. The molecule has 0 bridgehead atoms. The second-order valence-corrected chi connectivity index (χ2v) is 6.71. The molecule has 0 radical (unpaired) electrons. The Balaban J connectivity index is 1.90. The van der Waals surface area contributed by atoms with Gasteiger partial charge >= 0.3 is 0 Å². The zero-order valence-electron chi connectivity index (χ0n) is 14.1. The summed E-state index contributed by atoms with van der Waals surface area (Å²) >= 11 is 1.58. The van der Waals surface area contributed by atoms with E-state index in [0.717, 1.165) is 16.1 Å². The summed E-state index contributed by atoms with van der Waals surface area (Å²) in [5, 5.41) is 6.64. The SMILES string of the molecule is Cc1ccsc1-c1nn(-c2ccccc2)c(=O)cc1Oc1ccccc1. The number of aryl methyl sites for hydroxylation is 1. The fraction of sp³-hybridized carbons (Fsp3) is 0.0476. The molecule has 4 aromatic rings. The molecule has 0 aliphatic heterocycles. The maximum atomic E-state index is 12.7. The Bertz CT molecular complexity index is 1090. The van der Waals surface area contributed by atoms with Crippen LogP contribution in [-0.4, -0.2) is 9.78 Å². The van der Waals surface area contributed by atoms with Gasteiger partial charge in [0.15, 0.2) is 5.75 Å². The summed E-state index contributed by atoms with van der Waals surface area (Å²) in [6.45, 7) is 2.03. The molecule has 4 nitrogen and oxygen atoms in total. The molecule has 0 unspecified atom stereocenters. The van der Waals surface area contributed by atoms with Crippen LogP contribution in [0.15, 0.2) is 83.0 Å². The molecule has 0 atom stereocenters. The minimum absolute atomic E-state index is 0.236. The second kappa shape index (κ2) is 6.98. The summed E-state index contributed by atoms with van der Waals surface area (Å²) in [6.07, 6.45) is 0. The molecule has 0 spiro atoms. The standard InChI is InChI=1S/C21H16N2O2S/c1-15-12-13-26-21(15)20-18(25-17-10-6-3-7-11-17)14-19(24)23(22-20)16-8-4-2-5-9-16/h2-14H,1H3. The van der Waals surface area contributed by atoms with Crippen molar-refractivity contribution in [1.82, 2.24) is 9.78 Å². The van der Waals surface area contributed by atoms with Gasteiger partial charge in [0.05, 0.1) is 16.6 Å². The number of ether oxygens (including phenoxy) is 1. The molecule has 2 heterocycles. The van der Waals surface area contributed by atoms with Crippen molar-refractivity contribution in [3.63, 3.8) is 0 Å². The minimum atomic E-state index is -0.236. The van der Waals surface area contributed by atoms with E-state index < -0.39 is 0 Å². The molecular formula is C21H16N2O2S. The minimum Gasteiger partial charge on any atom is -0.455 e. The molecular weight excluding hydrogens is 344 g/mol. The van der Waals surface area contributed by atoms with Crippen LogP contribution in [0.3, 0.4) is 0 Å². The van der Waals surface area contributed by atoms with Crippen molar-refractivity contribution in [2.75, 3.05) is 0 Å². The number of hydrogen-bond donors (Lipinski definition) is 0.